The fraction of sp³-hybridized carbons (Fsp3) is 0.438. The maximum absolute atomic E-state index is 12.3. The first-order valence-electron chi connectivity index (χ1n) is 7.41. The van der Waals surface area contributed by atoms with Gasteiger partial charge in [0.25, 0.3) is 0 Å². The van der Waals surface area contributed by atoms with E-state index in [2.05, 4.69) is 5.32 Å². The molecule has 1 aromatic rings. The molecule has 0 saturated carbocycles. The second-order valence-corrected chi connectivity index (χ2v) is 5.39. The van der Waals surface area contributed by atoms with Crippen LogP contribution in [0.4, 0.5) is 0 Å². The monoisotopic (exact) mass is 320 g/mol. The largest absolute Gasteiger partial charge is 0.497 e. The smallest absolute Gasteiger partial charge is 0.330 e. The Morgan fingerprint density at radius 2 is 2.04 bits per heavy atom. The normalized spacial score (nSPS) is 18.6. The molecular formula is C16H20N2O5. The van der Waals surface area contributed by atoms with E-state index in [0.717, 1.165) is 0 Å². The number of likely N-dealkylation sites (tertiary alicyclic amines) is 1. The van der Waals surface area contributed by atoms with Crippen LogP contribution in [0.1, 0.15) is 24.9 Å². The number of hydrogen-bond donors (Lipinski definition) is 2. The van der Waals surface area contributed by atoms with Gasteiger partial charge in [-0.3, -0.25) is 9.59 Å². The molecule has 23 heavy (non-hydrogen) atoms. The van der Waals surface area contributed by atoms with Gasteiger partial charge in [0, 0.05) is 19.5 Å². The number of amides is 2. The van der Waals surface area contributed by atoms with E-state index in [-0.39, 0.29) is 12.3 Å². The lowest BCUT2D eigenvalue weighted by Gasteiger charge is -2.18. The summed E-state index contributed by atoms with van der Waals surface area (Å²) in [7, 11) is 1.52. The van der Waals surface area contributed by atoms with Crippen LogP contribution in [0.15, 0.2) is 24.3 Å². The SMILES string of the molecule is CCN1CC(C(=O)NC(C(=O)O)c2ccc(OC)cc2)CC1=O. The van der Waals surface area contributed by atoms with Gasteiger partial charge in [-0.1, -0.05) is 12.1 Å². The van der Waals surface area contributed by atoms with Crippen molar-refractivity contribution in [1.29, 1.82) is 0 Å². The highest BCUT2D eigenvalue weighted by Gasteiger charge is 2.35. The number of carbonyl (C=O) groups excluding carboxylic acids is 2. The minimum absolute atomic E-state index is 0.0797. The van der Waals surface area contributed by atoms with Gasteiger partial charge in [0.05, 0.1) is 13.0 Å². The molecule has 7 heteroatoms. The van der Waals surface area contributed by atoms with Crippen molar-refractivity contribution in [2.75, 3.05) is 20.2 Å². The fourth-order valence-corrected chi connectivity index (χ4v) is 2.60. The van der Waals surface area contributed by atoms with Crippen LogP contribution >= 0.6 is 0 Å². The van der Waals surface area contributed by atoms with Gasteiger partial charge in [0.1, 0.15) is 5.75 Å². The Kier molecular flexibility index (Phi) is 5.20. The zero-order valence-corrected chi connectivity index (χ0v) is 13.1. The highest BCUT2D eigenvalue weighted by atomic mass is 16.5. The summed E-state index contributed by atoms with van der Waals surface area (Å²) in [5.74, 6) is -1.56. The number of ether oxygens (including phenoxy) is 1. The van der Waals surface area contributed by atoms with Crippen molar-refractivity contribution in [2.24, 2.45) is 5.92 Å². The average Bonchev–Trinajstić information content (AvgIpc) is 2.93. The third-order valence-electron chi connectivity index (χ3n) is 3.95. The second-order valence-electron chi connectivity index (χ2n) is 5.39. The zero-order chi connectivity index (χ0) is 17.0. The summed E-state index contributed by atoms with van der Waals surface area (Å²) in [6.45, 7) is 2.72. The van der Waals surface area contributed by atoms with Crippen LogP contribution < -0.4 is 10.1 Å². The van der Waals surface area contributed by atoms with Gasteiger partial charge in [0.15, 0.2) is 6.04 Å². The molecule has 1 heterocycles. The maximum Gasteiger partial charge on any atom is 0.330 e. The quantitative estimate of drug-likeness (QED) is 0.808. The van der Waals surface area contributed by atoms with Gasteiger partial charge in [-0.05, 0) is 24.6 Å². The van der Waals surface area contributed by atoms with E-state index in [4.69, 9.17) is 4.74 Å². The topological polar surface area (TPSA) is 95.9 Å². The Bertz CT molecular complexity index is 599. The van der Waals surface area contributed by atoms with Crippen molar-refractivity contribution in [2.45, 2.75) is 19.4 Å². The summed E-state index contributed by atoms with van der Waals surface area (Å²) in [5.41, 5.74) is 0.448. The Morgan fingerprint density at radius 1 is 1.39 bits per heavy atom. The summed E-state index contributed by atoms with van der Waals surface area (Å²) >= 11 is 0. The van der Waals surface area contributed by atoms with Gasteiger partial charge in [-0.15, -0.1) is 0 Å². The highest BCUT2D eigenvalue weighted by Crippen LogP contribution is 2.21. The number of carboxylic acid groups (broad SMARTS) is 1. The molecule has 0 radical (unpaired) electrons. The standard InChI is InChI=1S/C16H20N2O5/c1-3-18-9-11(8-13(18)19)15(20)17-14(16(21)22)10-4-6-12(23-2)7-5-10/h4-7,11,14H,3,8-9H2,1-2H3,(H,17,20)(H,21,22). The molecule has 1 aliphatic heterocycles. The number of methoxy groups -OCH3 is 1. The third kappa shape index (κ3) is 3.80. The van der Waals surface area contributed by atoms with Crippen molar-refractivity contribution in [3.63, 3.8) is 0 Å². The molecule has 124 valence electrons. The van der Waals surface area contributed by atoms with E-state index >= 15 is 0 Å². The highest BCUT2D eigenvalue weighted by molar-refractivity contribution is 5.91. The molecule has 7 nitrogen and oxygen atoms in total. The van der Waals surface area contributed by atoms with E-state index in [1.165, 1.54) is 7.11 Å². The van der Waals surface area contributed by atoms with Crippen molar-refractivity contribution >= 4 is 17.8 Å². The van der Waals surface area contributed by atoms with E-state index in [1.807, 2.05) is 6.92 Å². The number of carbonyl (C=O) groups is 3. The summed E-state index contributed by atoms with van der Waals surface area (Å²) in [6, 6.07) is 5.30. The second kappa shape index (κ2) is 7.13. The zero-order valence-electron chi connectivity index (χ0n) is 13.1. The molecule has 0 bridgehead atoms. The molecule has 0 aromatic heterocycles. The lowest BCUT2D eigenvalue weighted by molar-refractivity contribution is -0.142. The summed E-state index contributed by atoms with van der Waals surface area (Å²) in [5, 5.41) is 11.9. The van der Waals surface area contributed by atoms with Crippen LogP contribution in [0, 0.1) is 5.92 Å². The molecule has 1 fully saturated rings. The van der Waals surface area contributed by atoms with E-state index in [9.17, 15) is 19.5 Å². The van der Waals surface area contributed by atoms with Gasteiger partial charge in [-0.25, -0.2) is 4.79 Å². The molecule has 2 rings (SSSR count). The van der Waals surface area contributed by atoms with Gasteiger partial charge in [0.2, 0.25) is 11.8 Å². The molecule has 1 aromatic carbocycles. The van der Waals surface area contributed by atoms with Gasteiger partial charge < -0.3 is 20.1 Å². The number of nitrogens with zero attached hydrogens (tertiary/aromatic N) is 1. The van der Waals surface area contributed by atoms with Crippen molar-refractivity contribution in [1.82, 2.24) is 10.2 Å². The van der Waals surface area contributed by atoms with E-state index in [1.54, 1.807) is 29.2 Å². The number of benzene rings is 1. The third-order valence-corrected chi connectivity index (χ3v) is 3.95. The Morgan fingerprint density at radius 3 is 2.52 bits per heavy atom. The van der Waals surface area contributed by atoms with Crippen molar-refractivity contribution in [3.8, 4) is 5.75 Å². The average molecular weight is 320 g/mol. The van der Waals surface area contributed by atoms with Gasteiger partial charge in [-0.2, -0.15) is 0 Å². The number of carboxylic acids is 1. The van der Waals surface area contributed by atoms with E-state index < -0.39 is 23.8 Å². The Labute approximate surface area is 134 Å². The number of hydrogen-bond acceptors (Lipinski definition) is 4. The van der Waals surface area contributed by atoms with E-state index in [0.29, 0.717) is 24.4 Å². The molecule has 0 spiro atoms. The summed E-state index contributed by atoms with van der Waals surface area (Å²) in [4.78, 5) is 37.0. The lowest BCUT2D eigenvalue weighted by atomic mass is 10.0. The predicted molar refractivity (Wildman–Crippen MR) is 81.9 cm³/mol. The molecule has 1 aliphatic rings. The molecular weight excluding hydrogens is 300 g/mol. The van der Waals surface area contributed by atoms with Crippen LogP contribution in [0.25, 0.3) is 0 Å². The molecule has 2 unspecified atom stereocenters. The minimum atomic E-state index is -1.15. The lowest BCUT2D eigenvalue weighted by Crippen LogP contribution is -2.38. The number of aliphatic carboxylic acids is 1. The molecule has 1 saturated heterocycles. The Hall–Kier alpha value is -2.57. The van der Waals surface area contributed by atoms with Gasteiger partial charge >= 0.3 is 5.97 Å². The number of rotatable bonds is 6. The van der Waals surface area contributed by atoms with Crippen LogP contribution in [-0.2, 0) is 14.4 Å². The van der Waals surface area contributed by atoms with Crippen molar-refractivity contribution < 1.29 is 24.2 Å². The van der Waals surface area contributed by atoms with Crippen LogP contribution in [0.5, 0.6) is 5.75 Å². The molecule has 0 aliphatic carbocycles. The first-order valence-corrected chi connectivity index (χ1v) is 7.41. The number of nitrogens with one attached hydrogen (secondary N) is 1. The maximum atomic E-state index is 12.3. The fourth-order valence-electron chi connectivity index (χ4n) is 2.60. The summed E-state index contributed by atoms with van der Waals surface area (Å²) < 4.78 is 5.03. The molecule has 2 atom stereocenters. The summed E-state index contributed by atoms with van der Waals surface area (Å²) in [6.07, 6.45) is 0.120. The first-order chi connectivity index (χ1) is 11.0. The van der Waals surface area contributed by atoms with Crippen LogP contribution in [-0.4, -0.2) is 48.0 Å². The van der Waals surface area contributed by atoms with Crippen LogP contribution in [0.3, 0.4) is 0 Å². The molecule has 2 amide bonds. The minimum Gasteiger partial charge on any atom is -0.497 e. The predicted octanol–water partition coefficient (Wildman–Crippen LogP) is 0.806. The first kappa shape index (κ1) is 16.8. The van der Waals surface area contributed by atoms with Crippen molar-refractivity contribution in [3.05, 3.63) is 29.8 Å². The molecule has 2 N–H and O–H groups in total. The Balaban J connectivity index is 2.08. The van der Waals surface area contributed by atoms with Crippen LogP contribution in [0.2, 0.25) is 0 Å².